The van der Waals surface area contributed by atoms with Gasteiger partial charge in [0.05, 0.1) is 22.2 Å². The number of hydrogen-bond donors (Lipinski definition) is 1. The number of carbonyl (C=O) groups is 1. The van der Waals surface area contributed by atoms with Gasteiger partial charge in [-0.05, 0) is 55.7 Å². The maximum absolute atomic E-state index is 12.4. The minimum Gasteiger partial charge on any atom is -0.488 e. The van der Waals surface area contributed by atoms with Crippen LogP contribution in [0.25, 0.3) is 33.1 Å². The Hall–Kier alpha value is -4.12. The third-order valence-electron chi connectivity index (χ3n) is 5.95. The number of benzene rings is 3. The number of rotatable bonds is 5. The number of ether oxygens (including phenoxy) is 1. The van der Waals surface area contributed by atoms with Crippen molar-refractivity contribution in [3.8, 4) is 17.0 Å². The first-order chi connectivity index (χ1) is 15.9. The van der Waals surface area contributed by atoms with Gasteiger partial charge in [-0.2, -0.15) is 0 Å². The van der Waals surface area contributed by atoms with Crippen molar-refractivity contribution in [1.29, 1.82) is 0 Å². The number of aromatic carboxylic acids is 1. The molecule has 5 aromatic rings. The van der Waals surface area contributed by atoms with E-state index in [1.807, 2.05) is 81.4 Å². The second-order valence-electron chi connectivity index (χ2n) is 8.22. The van der Waals surface area contributed by atoms with Gasteiger partial charge in [0.25, 0.3) is 0 Å². The highest BCUT2D eigenvalue weighted by atomic mass is 16.5. The number of fused-ring (bicyclic) bond motifs is 2. The second-order valence-corrected chi connectivity index (χ2v) is 8.22. The Morgan fingerprint density at radius 1 is 0.939 bits per heavy atom. The zero-order chi connectivity index (χ0) is 23.1. The van der Waals surface area contributed by atoms with Gasteiger partial charge in [0.2, 0.25) is 0 Å². The monoisotopic (exact) mass is 437 g/mol. The van der Waals surface area contributed by atoms with Crippen LogP contribution in [0.4, 0.5) is 0 Å². The molecule has 164 valence electrons. The Morgan fingerprint density at radius 3 is 2.48 bits per heavy atom. The predicted octanol–water partition coefficient (Wildman–Crippen LogP) is 6.85. The highest BCUT2D eigenvalue weighted by Crippen LogP contribution is 2.39. The lowest BCUT2D eigenvalue weighted by molar-refractivity contribution is 0.0698. The van der Waals surface area contributed by atoms with Crippen molar-refractivity contribution in [1.82, 2.24) is 4.98 Å². The molecule has 0 saturated carbocycles. The summed E-state index contributed by atoms with van der Waals surface area (Å²) < 4.78 is 12.0. The fraction of sp³-hybridized carbons (Fsp3) is 0.143. The van der Waals surface area contributed by atoms with E-state index in [1.165, 1.54) is 0 Å². The van der Waals surface area contributed by atoms with Crippen LogP contribution in [0.15, 0.2) is 71.1 Å². The first-order valence-electron chi connectivity index (χ1n) is 10.8. The molecule has 0 fully saturated rings. The summed E-state index contributed by atoms with van der Waals surface area (Å²) >= 11 is 0. The summed E-state index contributed by atoms with van der Waals surface area (Å²) in [5, 5.41) is 11.6. The summed E-state index contributed by atoms with van der Waals surface area (Å²) in [4.78, 5) is 17.3. The largest absolute Gasteiger partial charge is 0.488 e. The molecule has 33 heavy (non-hydrogen) atoms. The summed E-state index contributed by atoms with van der Waals surface area (Å²) in [5.74, 6) is 0.179. The molecule has 5 rings (SSSR count). The highest BCUT2D eigenvalue weighted by molar-refractivity contribution is 6.08. The number of aryl methyl sites for hydroxylation is 3. The lowest BCUT2D eigenvalue weighted by Crippen LogP contribution is -2.04. The van der Waals surface area contributed by atoms with E-state index in [0.29, 0.717) is 34.7 Å². The zero-order valence-corrected chi connectivity index (χ0v) is 18.7. The van der Waals surface area contributed by atoms with Gasteiger partial charge >= 0.3 is 5.97 Å². The van der Waals surface area contributed by atoms with E-state index in [-0.39, 0.29) is 5.56 Å². The average Bonchev–Trinajstić information content (AvgIpc) is 3.16. The summed E-state index contributed by atoms with van der Waals surface area (Å²) in [5.41, 5.74) is 5.86. The molecule has 3 aromatic carbocycles. The Balaban J connectivity index is 1.73. The van der Waals surface area contributed by atoms with Crippen molar-refractivity contribution in [2.75, 3.05) is 0 Å². The average molecular weight is 437 g/mol. The van der Waals surface area contributed by atoms with Gasteiger partial charge in [0.1, 0.15) is 23.7 Å². The van der Waals surface area contributed by atoms with Gasteiger partial charge in [-0.15, -0.1) is 0 Å². The van der Waals surface area contributed by atoms with E-state index >= 15 is 0 Å². The van der Waals surface area contributed by atoms with Crippen LogP contribution in [0.2, 0.25) is 0 Å². The standard InChI is InChI=1S/C28H23NO4/c1-16-8-7-11-23-24(16)25(18(3)33-23)21-14-20(28(30)31)26-22(13-12-17(2)27(26)29-21)32-15-19-9-5-4-6-10-19/h4-14H,15H2,1-3H3,(H,30,31). The van der Waals surface area contributed by atoms with E-state index < -0.39 is 5.97 Å². The van der Waals surface area contributed by atoms with Gasteiger partial charge in [0.15, 0.2) is 0 Å². The Bertz CT molecular complexity index is 1520. The normalized spacial score (nSPS) is 11.2. The van der Waals surface area contributed by atoms with Crippen LogP contribution in [0.5, 0.6) is 5.75 Å². The van der Waals surface area contributed by atoms with E-state index in [4.69, 9.17) is 14.1 Å². The molecular weight excluding hydrogens is 414 g/mol. The minimum absolute atomic E-state index is 0.157. The molecule has 0 spiro atoms. The van der Waals surface area contributed by atoms with E-state index in [1.54, 1.807) is 6.07 Å². The summed E-state index contributed by atoms with van der Waals surface area (Å²) in [6.07, 6.45) is 0. The number of pyridine rings is 1. The molecule has 0 unspecified atom stereocenters. The molecule has 0 aliphatic heterocycles. The predicted molar refractivity (Wildman–Crippen MR) is 129 cm³/mol. The van der Waals surface area contributed by atoms with Crippen molar-refractivity contribution in [2.45, 2.75) is 27.4 Å². The molecule has 5 heteroatoms. The topological polar surface area (TPSA) is 72.6 Å². The van der Waals surface area contributed by atoms with Gasteiger partial charge in [-0.3, -0.25) is 0 Å². The smallest absolute Gasteiger partial charge is 0.336 e. The van der Waals surface area contributed by atoms with Crippen LogP contribution in [0.3, 0.4) is 0 Å². The minimum atomic E-state index is -1.03. The molecule has 0 aliphatic rings. The van der Waals surface area contributed by atoms with Gasteiger partial charge in [-0.1, -0.05) is 48.5 Å². The number of carboxylic acid groups (broad SMARTS) is 1. The molecule has 2 heterocycles. The lowest BCUT2D eigenvalue weighted by Gasteiger charge is -2.14. The van der Waals surface area contributed by atoms with E-state index in [0.717, 1.165) is 33.2 Å². The van der Waals surface area contributed by atoms with Crippen LogP contribution in [-0.4, -0.2) is 16.1 Å². The van der Waals surface area contributed by atoms with Crippen molar-refractivity contribution in [2.24, 2.45) is 0 Å². The molecule has 2 aromatic heterocycles. The maximum Gasteiger partial charge on any atom is 0.336 e. The number of furan rings is 1. The first-order valence-corrected chi connectivity index (χ1v) is 10.8. The van der Waals surface area contributed by atoms with Gasteiger partial charge in [-0.25, -0.2) is 9.78 Å². The van der Waals surface area contributed by atoms with Crippen molar-refractivity contribution >= 4 is 27.8 Å². The third-order valence-corrected chi connectivity index (χ3v) is 5.95. The lowest BCUT2D eigenvalue weighted by atomic mass is 9.98. The van der Waals surface area contributed by atoms with Crippen LogP contribution in [-0.2, 0) is 6.61 Å². The van der Waals surface area contributed by atoms with Crippen LogP contribution in [0, 0.1) is 20.8 Å². The molecule has 0 amide bonds. The van der Waals surface area contributed by atoms with E-state index in [9.17, 15) is 9.90 Å². The van der Waals surface area contributed by atoms with E-state index in [2.05, 4.69) is 0 Å². The molecule has 0 aliphatic carbocycles. The molecule has 0 bridgehead atoms. The molecule has 5 nitrogen and oxygen atoms in total. The summed E-state index contributed by atoms with van der Waals surface area (Å²) in [6, 6.07) is 21.0. The van der Waals surface area contributed by atoms with Crippen LogP contribution in [0.1, 0.15) is 32.8 Å². The molecule has 0 radical (unpaired) electrons. The zero-order valence-electron chi connectivity index (χ0n) is 18.7. The van der Waals surface area contributed by atoms with Crippen LogP contribution >= 0.6 is 0 Å². The summed E-state index contributed by atoms with van der Waals surface area (Å²) in [7, 11) is 0. The quantitative estimate of drug-likeness (QED) is 0.325. The van der Waals surface area contributed by atoms with Crippen molar-refractivity contribution in [3.05, 3.63) is 94.7 Å². The fourth-order valence-electron chi connectivity index (χ4n) is 4.34. The number of nitrogens with zero attached hydrogens (tertiary/aromatic N) is 1. The Morgan fingerprint density at radius 2 is 1.73 bits per heavy atom. The number of carboxylic acids is 1. The van der Waals surface area contributed by atoms with Gasteiger partial charge in [0, 0.05) is 10.9 Å². The summed E-state index contributed by atoms with van der Waals surface area (Å²) in [6.45, 7) is 6.16. The number of hydrogen-bond acceptors (Lipinski definition) is 4. The maximum atomic E-state index is 12.4. The number of aromatic nitrogens is 1. The fourth-order valence-corrected chi connectivity index (χ4v) is 4.34. The van der Waals surface area contributed by atoms with Crippen molar-refractivity contribution in [3.63, 3.8) is 0 Å². The Kier molecular flexibility index (Phi) is 5.09. The molecular formula is C28H23NO4. The third kappa shape index (κ3) is 3.61. The van der Waals surface area contributed by atoms with Gasteiger partial charge < -0.3 is 14.3 Å². The van der Waals surface area contributed by atoms with Crippen molar-refractivity contribution < 1.29 is 19.1 Å². The molecule has 0 atom stereocenters. The first kappa shape index (κ1) is 20.8. The second kappa shape index (κ2) is 8.10. The highest BCUT2D eigenvalue weighted by Gasteiger charge is 2.22. The Labute approximate surface area is 191 Å². The molecule has 1 N–H and O–H groups in total. The molecule has 0 saturated heterocycles. The SMILES string of the molecule is Cc1oc2cccc(C)c2c1-c1cc(C(=O)O)c2c(OCc3ccccc3)ccc(C)c2n1. The van der Waals surface area contributed by atoms with Crippen LogP contribution < -0.4 is 4.74 Å².